The van der Waals surface area contributed by atoms with E-state index in [2.05, 4.69) is 55.4 Å². The van der Waals surface area contributed by atoms with Crippen LogP contribution in [0.3, 0.4) is 0 Å². The van der Waals surface area contributed by atoms with Crippen LogP contribution in [-0.4, -0.2) is 29.7 Å². The van der Waals surface area contributed by atoms with Crippen LogP contribution in [0, 0.1) is 11.3 Å². The van der Waals surface area contributed by atoms with Crippen molar-refractivity contribution in [2.75, 3.05) is 0 Å². The van der Waals surface area contributed by atoms with Crippen LogP contribution in [0.25, 0.3) is 0 Å². The first-order valence-corrected chi connectivity index (χ1v) is 26.6. The van der Waals surface area contributed by atoms with Gasteiger partial charge in [-0.1, -0.05) is 183 Å². The number of ketones is 1. The summed E-state index contributed by atoms with van der Waals surface area (Å²) in [6.07, 6.45) is 3.36. The number of allylic oxidation sites excluding steroid dienone is 2. The fraction of sp³-hybridized carbons (Fsp3) is 0.400. The highest BCUT2D eigenvalue weighted by Crippen LogP contribution is 2.42. The van der Waals surface area contributed by atoms with Gasteiger partial charge in [-0.25, -0.2) is 19.2 Å². The van der Waals surface area contributed by atoms with E-state index >= 15 is 9.59 Å². The van der Waals surface area contributed by atoms with Crippen molar-refractivity contribution in [2.24, 2.45) is 11.3 Å². The maximum absolute atomic E-state index is 15.0. The lowest BCUT2D eigenvalue weighted by molar-refractivity contribution is -0.345. The van der Waals surface area contributed by atoms with E-state index in [1.807, 2.05) is 97.1 Å². The minimum Gasteiger partial charge on any atom is -0.295 e. The Morgan fingerprint density at radius 3 is 1.05 bits per heavy atom. The molecule has 414 valence electrons. The predicted octanol–water partition coefficient (Wildman–Crippen LogP) is 14.7. The Bertz CT molecular complexity index is 2910. The molecule has 0 spiro atoms. The van der Waals surface area contributed by atoms with Crippen LogP contribution in [0.5, 0.6) is 0 Å². The van der Waals surface area contributed by atoms with Crippen molar-refractivity contribution in [3.8, 4) is 0 Å². The molecule has 0 aromatic heterocycles. The lowest BCUT2D eigenvalue weighted by Crippen LogP contribution is -2.47. The number of rotatable bonds is 22. The summed E-state index contributed by atoms with van der Waals surface area (Å²) < 4.78 is 0. The minimum absolute atomic E-state index is 0.00798. The van der Waals surface area contributed by atoms with Crippen molar-refractivity contribution >= 4 is 29.7 Å². The first-order chi connectivity index (χ1) is 36.5. The Morgan fingerprint density at radius 1 is 0.410 bits per heavy atom. The second-order valence-electron chi connectivity index (χ2n) is 23.2. The molecule has 0 fully saturated rings. The molecule has 13 nitrogen and oxygen atoms in total. The van der Waals surface area contributed by atoms with Gasteiger partial charge in [-0.15, -0.1) is 0 Å². The number of carbonyl (C=O) groups excluding carboxylic acids is 5. The van der Waals surface area contributed by atoms with Crippen LogP contribution in [0.15, 0.2) is 145 Å². The fourth-order valence-electron chi connectivity index (χ4n) is 8.59. The molecular weight excluding hydrogens is 989 g/mol. The zero-order valence-corrected chi connectivity index (χ0v) is 48.0. The Labute approximate surface area is 459 Å². The maximum Gasteiger partial charge on any atom is 0.373 e. The monoisotopic (exact) mass is 1060 g/mol. The number of benzene rings is 5. The number of Topliss-reactive ketones (excluding diaryl/α,β-unsaturated/α-hetero) is 1. The normalized spacial score (nSPS) is 14.8. The Kier molecular flexibility index (Phi) is 18.8. The summed E-state index contributed by atoms with van der Waals surface area (Å²) >= 11 is 0. The van der Waals surface area contributed by atoms with Crippen LogP contribution >= 0.6 is 0 Å². The smallest absolute Gasteiger partial charge is 0.295 e. The molecule has 1 atom stereocenters. The van der Waals surface area contributed by atoms with E-state index in [0.717, 1.165) is 40.0 Å². The lowest BCUT2D eigenvalue weighted by Gasteiger charge is -2.33. The molecule has 0 N–H and O–H groups in total. The van der Waals surface area contributed by atoms with Crippen LogP contribution in [0.1, 0.15) is 200 Å². The molecule has 0 heterocycles. The molecule has 0 bridgehead atoms. The van der Waals surface area contributed by atoms with Crippen molar-refractivity contribution in [3.63, 3.8) is 0 Å². The van der Waals surface area contributed by atoms with E-state index in [1.54, 1.807) is 55.4 Å². The molecular formula is C65H76O13. The van der Waals surface area contributed by atoms with E-state index in [4.69, 9.17) is 39.1 Å². The molecule has 13 heteroatoms. The molecule has 1 aliphatic carbocycles. The highest BCUT2D eigenvalue weighted by Gasteiger charge is 2.58. The summed E-state index contributed by atoms with van der Waals surface area (Å²) in [5.41, 5.74) is -1.50. The van der Waals surface area contributed by atoms with Gasteiger partial charge in [0.05, 0.1) is 17.1 Å². The summed E-state index contributed by atoms with van der Waals surface area (Å²) in [6.45, 7) is 30.1. The summed E-state index contributed by atoms with van der Waals surface area (Å²) in [4.78, 5) is 119. The average Bonchev–Trinajstić information content (AvgIpc) is 3.51. The van der Waals surface area contributed by atoms with Gasteiger partial charge in [0.25, 0.3) is 0 Å². The van der Waals surface area contributed by atoms with Crippen LogP contribution in [-0.2, 0) is 75.9 Å². The minimum atomic E-state index is -2.85. The van der Waals surface area contributed by atoms with Gasteiger partial charge in [0.2, 0.25) is 5.41 Å². The maximum atomic E-state index is 15.0. The van der Waals surface area contributed by atoms with Crippen molar-refractivity contribution < 1.29 is 63.1 Å². The van der Waals surface area contributed by atoms with E-state index in [1.165, 1.54) is 30.3 Å². The Balaban J connectivity index is 1.37. The third kappa shape index (κ3) is 14.0. The molecule has 78 heavy (non-hydrogen) atoms. The lowest BCUT2D eigenvalue weighted by atomic mass is 9.73. The first-order valence-electron chi connectivity index (χ1n) is 26.6. The SMILES string of the molecule is CC(C)c1ccc(C(C)(C)OOC(=O)C2=CC(C(=O)c3cccc(C(=O)OOC(C)(C)c4ccc(C(C)C)cc4)c3)C=CC2(C(=O)OOC(C)(C)c2ccc(C(C)C)cc2)C(=O)OOC(C)(C)c2ccc(C(C)C)cc2)cc1. The second-order valence-corrected chi connectivity index (χ2v) is 23.2. The van der Waals surface area contributed by atoms with Gasteiger partial charge >= 0.3 is 23.9 Å². The summed E-state index contributed by atoms with van der Waals surface area (Å²) in [6, 6.07) is 36.1. The molecule has 0 aliphatic heterocycles. The van der Waals surface area contributed by atoms with E-state index in [0.29, 0.717) is 22.6 Å². The molecule has 0 radical (unpaired) electrons. The topological polar surface area (TPSA) is 159 Å². The third-order valence-electron chi connectivity index (χ3n) is 14.3. The van der Waals surface area contributed by atoms with Gasteiger partial charge in [-0.3, -0.25) is 24.3 Å². The summed E-state index contributed by atoms with van der Waals surface area (Å²) in [5, 5.41) is 0. The zero-order valence-electron chi connectivity index (χ0n) is 48.0. The van der Waals surface area contributed by atoms with Crippen molar-refractivity contribution in [3.05, 3.63) is 201 Å². The number of hydrogen-bond donors (Lipinski definition) is 0. The molecule has 0 saturated carbocycles. The average molecular weight is 1070 g/mol. The van der Waals surface area contributed by atoms with E-state index in [-0.39, 0.29) is 28.9 Å². The van der Waals surface area contributed by atoms with Crippen molar-refractivity contribution in [1.82, 2.24) is 0 Å². The number of hydrogen-bond acceptors (Lipinski definition) is 13. The first kappa shape index (κ1) is 60.2. The molecule has 0 saturated heterocycles. The summed E-state index contributed by atoms with van der Waals surface area (Å²) in [7, 11) is 0. The molecule has 1 unspecified atom stereocenters. The zero-order chi connectivity index (χ0) is 57.5. The standard InChI is InChI=1S/C65H76O13/c1-40(2)44-20-28-51(29-21-44)61(9,10)75-71-57(67)50-19-17-18-48(38-50)56(66)49-36-37-65(59(69)73-77-63(13,14)53-32-24-46(25-33-53)42(5)6,60(70)74-78-64(15,16)54-34-26-47(27-35-54)43(7)8)55(39-49)58(68)72-76-62(11,12)52-30-22-45(23-31-52)41(3)4/h17-43,49H,1-16H3. The molecule has 5 aromatic rings. The molecule has 0 amide bonds. The van der Waals surface area contributed by atoms with Crippen LogP contribution in [0.4, 0.5) is 0 Å². The van der Waals surface area contributed by atoms with Gasteiger partial charge in [-0.2, -0.15) is 19.6 Å². The molecule has 5 aromatic carbocycles. The van der Waals surface area contributed by atoms with Crippen LogP contribution in [0.2, 0.25) is 0 Å². The number of carbonyl (C=O) groups is 5. The second kappa shape index (κ2) is 24.3. The van der Waals surface area contributed by atoms with Crippen LogP contribution < -0.4 is 0 Å². The van der Waals surface area contributed by atoms with Gasteiger partial charge in [0.1, 0.15) is 22.4 Å². The predicted molar refractivity (Wildman–Crippen MR) is 296 cm³/mol. The summed E-state index contributed by atoms with van der Waals surface area (Å²) in [5.74, 6) is -6.04. The highest BCUT2D eigenvalue weighted by atomic mass is 17.2. The van der Waals surface area contributed by atoms with Gasteiger partial charge in [0.15, 0.2) is 5.78 Å². The van der Waals surface area contributed by atoms with Gasteiger partial charge in [0, 0.05) is 5.56 Å². The van der Waals surface area contributed by atoms with Crippen molar-refractivity contribution in [2.45, 2.75) is 157 Å². The molecule has 1 aliphatic rings. The van der Waals surface area contributed by atoms with Gasteiger partial charge < -0.3 is 0 Å². The Morgan fingerprint density at radius 2 is 0.718 bits per heavy atom. The third-order valence-corrected chi connectivity index (χ3v) is 14.3. The fourth-order valence-corrected chi connectivity index (χ4v) is 8.59. The Hall–Kier alpha value is -7.03. The highest BCUT2D eigenvalue weighted by molar-refractivity contribution is 6.15. The quantitative estimate of drug-likeness (QED) is 0.0212. The van der Waals surface area contributed by atoms with E-state index in [9.17, 15) is 14.4 Å². The van der Waals surface area contributed by atoms with Gasteiger partial charge in [-0.05, 0) is 136 Å². The largest absolute Gasteiger partial charge is 0.373 e. The van der Waals surface area contributed by atoms with E-state index < -0.39 is 69.0 Å². The van der Waals surface area contributed by atoms with Crippen molar-refractivity contribution in [1.29, 1.82) is 0 Å². The molecule has 6 rings (SSSR count).